The van der Waals surface area contributed by atoms with Crippen LogP contribution in [0.15, 0.2) is 59.1 Å². The molecular formula is C19H17NO3. The molecule has 116 valence electrons. The summed E-state index contributed by atoms with van der Waals surface area (Å²) in [7, 11) is 3.22. The van der Waals surface area contributed by atoms with Crippen molar-refractivity contribution in [1.82, 2.24) is 4.98 Å². The van der Waals surface area contributed by atoms with E-state index < -0.39 is 0 Å². The van der Waals surface area contributed by atoms with E-state index in [2.05, 4.69) is 4.98 Å². The number of methoxy groups -OCH3 is 2. The van der Waals surface area contributed by atoms with Gasteiger partial charge in [-0.3, -0.25) is 0 Å². The molecule has 1 heterocycles. The molecule has 0 saturated carbocycles. The minimum atomic E-state index is 0.554. The van der Waals surface area contributed by atoms with Crippen molar-refractivity contribution in [3.8, 4) is 22.8 Å². The van der Waals surface area contributed by atoms with Crippen molar-refractivity contribution in [1.29, 1.82) is 0 Å². The second-order valence-electron chi connectivity index (χ2n) is 4.88. The predicted molar refractivity (Wildman–Crippen MR) is 90.4 cm³/mol. The summed E-state index contributed by atoms with van der Waals surface area (Å²) in [5.41, 5.74) is 1.98. The van der Waals surface area contributed by atoms with E-state index in [1.807, 2.05) is 60.7 Å². The lowest BCUT2D eigenvalue weighted by Gasteiger charge is -2.07. The highest BCUT2D eigenvalue weighted by molar-refractivity contribution is 5.68. The lowest BCUT2D eigenvalue weighted by molar-refractivity contribution is 0.355. The highest BCUT2D eigenvalue weighted by atomic mass is 16.5. The lowest BCUT2D eigenvalue weighted by atomic mass is 10.1. The third-order valence-electron chi connectivity index (χ3n) is 3.41. The Morgan fingerprint density at radius 2 is 1.70 bits per heavy atom. The Hall–Kier alpha value is -3.01. The van der Waals surface area contributed by atoms with Gasteiger partial charge in [0.15, 0.2) is 17.3 Å². The van der Waals surface area contributed by atoms with E-state index in [-0.39, 0.29) is 0 Å². The first-order valence-corrected chi connectivity index (χ1v) is 7.21. The van der Waals surface area contributed by atoms with Crippen LogP contribution in [-0.2, 0) is 0 Å². The summed E-state index contributed by atoms with van der Waals surface area (Å²) in [6.07, 6.45) is 5.51. The van der Waals surface area contributed by atoms with Crippen molar-refractivity contribution in [3.05, 3.63) is 66.2 Å². The van der Waals surface area contributed by atoms with Crippen LogP contribution in [0.5, 0.6) is 11.5 Å². The maximum atomic E-state index is 5.77. The summed E-state index contributed by atoms with van der Waals surface area (Å²) in [4.78, 5) is 4.28. The van der Waals surface area contributed by atoms with Crippen molar-refractivity contribution in [3.63, 3.8) is 0 Å². The molecule has 2 aromatic carbocycles. The molecule has 3 aromatic rings. The number of ether oxygens (including phenoxy) is 2. The van der Waals surface area contributed by atoms with Crippen molar-refractivity contribution in [2.75, 3.05) is 14.2 Å². The van der Waals surface area contributed by atoms with Crippen molar-refractivity contribution in [2.24, 2.45) is 0 Å². The first kappa shape index (κ1) is 14.9. The monoisotopic (exact) mass is 307 g/mol. The molecule has 23 heavy (non-hydrogen) atoms. The van der Waals surface area contributed by atoms with Crippen LogP contribution in [0.25, 0.3) is 23.5 Å². The van der Waals surface area contributed by atoms with Gasteiger partial charge in [0.1, 0.15) is 0 Å². The zero-order valence-corrected chi connectivity index (χ0v) is 13.0. The largest absolute Gasteiger partial charge is 0.493 e. The minimum Gasteiger partial charge on any atom is -0.493 e. The van der Waals surface area contributed by atoms with Gasteiger partial charge in [-0.05, 0) is 29.8 Å². The van der Waals surface area contributed by atoms with Crippen molar-refractivity contribution in [2.45, 2.75) is 0 Å². The van der Waals surface area contributed by atoms with Crippen LogP contribution in [0.2, 0.25) is 0 Å². The third-order valence-corrected chi connectivity index (χ3v) is 3.41. The number of hydrogen-bond acceptors (Lipinski definition) is 4. The SMILES string of the molecule is COc1ccc(-c2cnc(/C=C/c3ccccc3)o2)cc1OC. The van der Waals surface area contributed by atoms with Crippen molar-refractivity contribution < 1.29 is 13.9 Å². The molecule has 0 N–H and O–H groups in total. The second kappa shape index (κ2) is 6.83. The molecule has 1 aromatic heterocycles. The molecule has 0 aliphatic carbocycles. The molecule has 0 saturated heterocycles. The molecule has 0 unspecified atom stereocenters. The Labute approximate surface area is 135 Å². The van der Waals surface area contributed by atoms with Crippen LogP contribution in [0.4, 0.5) is 0 Å². The summed E-state index contributed by atoms with van der Waals surface area (Å²) in [6, 6.07) is 15.6. The summed E-state index contributed by atoms with van der Waals surface area (Å²) in [5, 5.41) is 0. The number of nitrogens with zero attached hydrogens (tertiary/aromatic N) is 1. The van der Waals surface area contributed by atoms with Crippen LogP contribution >= 0.6 is 0 Å². The number of hydrogen-bond donors (Lipinski definition) is 0. The van der Waals surface area contributed by atoms with Crippen LogP contribution < -0.4 is 9.47 Å². The molecule has 0 spiro atoms. The quantitative estimate of drug-likeness (QED) is 0.694. The van der Waals surface area contributed by atoms with Gasteiger partial charge < -0.3 is 13.9 Å². The number of benzene rings is 2. The van der Waals surface area contributed by atoms with E-state index >= 15 is 0 Å². The zero-order valence-electron chi connectivity index (χ0n) is 13.0. The van der Waals surface area contributed by atoms with Gasteiger partial charge in [0.05, 0.1) is 20.4 Å². The van der Waals surface area contributed by atoms with Crippen molar-refractivity contribution >= 4 is 12.2 Å². The average Bonchev–Trinajstić information content (AvgIpc) is 3.09. The van der Waals surface area contributed by atoms with Crippen LogP contribution in [0.3, 0.4) is 0 Å². The summed E-state index contributed by atoms with van der Waals surface area (Å²) < 4.78 is 16.3. The standard InChI is InChI=1S/C19H17NO3/c1-21-16-10-9-15(12-17(16)22-2)18-13-20-19(23-18)11-8-14-6-4-3-5-7-14/h3-13H,1-2H3/b11-8+. The van der Waals surface area contributed by atoms with E-state index in [1.54, 1.807) is 20.4 Å². The Balaban J connectivity index is 1.83. The molecule has 4 heteroatoms. The Bertz CT molecular complexity index is 806. The van der Waals surface area contributed by atoms with Crippen LogP contribution in [0, 0.1) is 0 Å². The fourth-order valence-electron chi connectivity index (χ4n) is 2.22. The molecule has 0 bridgehead atoms. The van der Waals surface area contributed by atoms with Gasteiger partial charge >= 0.3 is 0 Å². The number of rotatable bonds is 5. The minimum absolute atomic E-state index is 0.554. The Morgan fingerprint density at radius 3 is 2.43 bits per heavy atom. The van der Waals surface area contributed by atoms with Gasteiger partial charge in [-0.25, -0.2) is 4.98 Å². The summed E-state index contributed by atoms with van der Waals surface area (Å²) >= 11 is 0. The van der Waals surface area contributed by atoms with Crippen LogP contribution in [0.1, 0.15) is 11.5 Å². The fourth-order valence-corrected chi connectivity index (χ4v) is 2.22. The molecule has 0 radical (unpaired) electrons. The molecule has 0 fully saturated rings. The molecule has 0 amide bonds. The second-order valence-corrected chi connectivity index (χ2v) is 4.88. The van der Waals surface area contributed by atoms with E-state index in [0.29, 0.717) is 23.1 Å². The normalized spacial score (nSPS) is 10.9. The van der Waals surface area contributed by atoms with E-state index in [1.165, 1.54) is 0 Å². The Morgan fingerprint density at radius 1 is 0.913 bits per heavy atom. The lowest BCUT2D eigenvalue weighted by Crippen LogP contribution is -1.90. The maximum absolute atomic E-state index is 5.77. The van der Waals surface area contributed by atoms with E-state index in [0.717, 1.165) is 11.1 Å². The molecule has 3 rings (SSSR count). The topological polar surface area (TPSA) is 44.5 Å². The first-order chi connectivity index (χ1) is 11.3. The Kier molecular flexibility index (Phi) is 4.43. The predicted octanol–water partition coefficient (Wildman–Crippen LogP) is 4.53. The average molecular weight is 307 g/mol. The number of aromatic nitrogens is 1. The van der Waals surface area contributed by atoms with Gasteiger partial charge in [0.25, 0.3) is 0 Å². The van der Waals surface area contributed by atoms with E-state index in [9.17, 15) is 0 Å². The molecule has 0 atom stereocenters. The summed E-state index contributed by atoms with van der Waals surface area (Å²) in [5.74, 6) is 2.57. The molecule has 4 nitrogen and oxygen atoms in total. The molecule has 0 aliphatic rings. The van der Waals surface area contributed by atoms with Crippen LogP contribution in [-0.4, -0.2) is 19.2 Å². The number of oxazole rings is 1. The molecule has 0 aliphatic heterocycles. The van der Waals surface area contributed by atoms with Gasteiger partial charge in [-0.1, -0.05) is 30.3 Å². The first-order valence-electron chi connectivity index (χ1n) is 7.21. The van der Waals surface area contributed by atoms with Gasteiger partial charge in [-0.2, -0.15) is 0 Å². The van der Waals surface area contributed by atoms with Gasteiger partial charge in [-0.15, -0.1) is 0 Å². The molecular weight excluding hydrogens is 290 g/mol. The summed E-state index contributed by atoms with van der Waals surface area (Å²) in [6.45, 7) is 0. The maximum Gasteiger partial charge on any atom is 0.219 e. The fraction of sp³-hybridized carbons (Fsp3) is 0.105. The van der Waals surface area contributed by atoms with Gasteiger partial charge in [0.2, 0.25) is 5.89 Å². The smallest absolute Gasteiger partial charge is 0.219 e. The van der Waals surface area contributed by atoms with E-state index in [4.69, 9.17) is 13.9 Å². The van der Waals surface area contributed by atoms with Gasteiger partial charge in [0, 0.05) is 11.6 Å². The highest BCUT2D eigenvalue weighted by Gasteiger charge is 2.09. The zero-order chi connectivity index (χ0) is 16.1. The highest BCUT2D eigenvalue weighted by Crippen LogP contribution is 2.32. The third kappa shape index (κ3) is 3.43.